The lowest BCUT2D eigenvalue weighted by molar-refractivity contribution is 0.164. The van der Waals surface area contributed by atoms with Crippen LogP contribution < -0.4 is 0 Å². The number of hydrogen-bond acceptors (Lipinski definition) is 16. The highest BCUT2D eigenvalue weighted by Gasteiger charge is 1.94. The lowest BCUT2D eigenvalue weighted by Gasteiger charge is -1.88. The first kappa shape index (κ1) is 55.9. The summed E-state index contributed by atoms with van der Waals surface area (Å²) < 4.78 is 77.9. The third-order valence-corrected chi connectivity index (χ3v) is 6.93. The summed E-state index contributed by atoms with van der Waals surface area (Å²) >= 11 is 0. The molecule has 0 saturated heterocycles. The van der Waals surface area contributed by atoms with Gasteiger partial charge in [0.05, 0.1) is 50.1 Å². The molecule has 0 aliphatic rings. The molecule has 0 aromatic carbocycles. The number of ether oxygens (including phenoxy) is 8. The van der Waals surface area contributed by atoms with Gasteiger partial charge in [0.1, 0.15) is 98.9 Å². The topological polar surface area (TPSA) is 179 Å². The van der Waals surface area contributed by atoms with E-state index >= 15 is 0 Å². The van der Waals surface area contributed by atoms with E-state index in [-0.39, 0.29) is 0 Å². The fourth-order valence-corrected chi connectivity index (χ4v) is 4.30. The Hall–Kier alpha value is -6.08. The van der Waals surface area contributed by atoms with E-state index in [4.69, 9.17) is 73.2 Å². The fourth-order valence-electron chi connectivity index (χ4n) is 4.30. The van der Waals surface area contributed by atoms with Crippen molar-refractivity contribution in [1.82, 2.24) is 0 Å². The second-order valence-electron chi connectivity index (χ2n) is 12.1. The Morgan fingerprint density at radius 2 is 0.328 bits per heavy atom. The first-order valence-electron chi connectivity index (χ1n) is 19.6. The zero-order chi connectivity index (χ0) is 46.6. The van der Waals surface area contributed by atoms with Gasteiger partial charge in [-0.25, -0.2) is 0 Å². The maximum atomic E-state index is 4.95. The summed E-state index contributed by atoms with van der Waals surface area (Å²) in [4.78, 5) is 0. The monoisotopic (exact) mass is 896 g/mol. The van der Waals surface area contributed by atoms with Crippen LogP contribution in [-0.2, 0) is 90.7 Å². The van der Waals surface area contributed by atoms with Gasteiger partial charge in [0.25, 0.3) is 0 Å². The molecule has 0 spiro atoms. The van der Waals surface area contributed by atoms with E-state index < -0.39 is 0 Å². The summed E-state index contributed by atoms with van der Waals surface area (Å²) in [5.41, 5.74) is 0. The number of furan rings is 8. The van der Waals surface area contributed by atoms with Crippen LogP contribution in [0.2, 0.25) is 0 Å². The van der Waals surface area contributed by atoms with Crippen LogP contribution >= 0.6 is 0 Å². The Balaban J connectivity index is 0.000000366. The molecule has 0 unspecified atom stereocenters. The van der Waals surface area contributed by atoms with Crippen LogP contribution in [0.15, 0.2) is 183 Å². The first-order valence-corrected chi connectivity index (χ1v) is 19.6. The van der Waals surface area contributed by atoms with Crippen molar-refractivity contribution < 1.29 is 73.2 Å². The molecule has 0 N–H and O–H groups in total. The summed E-state index contributed by atoms with van der Waals surface area (Å²) in [5.74, 6) is 6.94. The van der Waals surface area contributed by atoms with Crippen LogP contribution in [0, 0.1) is 0 Å². The van der Waals surface area contributed by atoms with Gasteiger partial charge in [0.15, 0.2) is 0 Å². The van der Waals surface area contributed by atoms with E-state index in [1.54, 1.807) is 107 Å². The SMILES string of the molecule is COCc1ccco1.COCc1ccco1.COCc1ccco1.COCc1ccco1.COCc1ccco1.COCc1ccco1.COCc1ccco1.COCc1ccco1. The fraction of sp³-hybridized carbons (Fsp3) is 0.333. The molecule has 0 atom stereocenters. The average molecular weight is 897 g/mol. The molecule has 352 valence electrons. The number of hydrogen-bond donors (Lipinski definition) is 0. The average Bonchev–Trinajstić information content (AvgIpc) is 4.15. The molecule has 0 aliphatic carbocycles. The Bertz CT molecular complexity index is 1490. The maximum Gasteiger partial charge on any atom is 0.129 e. The van der Waals surface area contributed by atoms with E-state index in [0.717, 1.165) is 46.1 Å². The molecule has 0 radical (unpaired) electrons. The predicted molar refractivity (Wildman–Crippen MR) is 235 cm³/mol. The first-order chi connectivity index (χ1) is 31.5. The van der Waals surface area contributed by atoms with Gasteiger partial charge < -0.3 is 73.2 Å². The predicted octanol–water partition coefficient (Wildman–Crippen LogP) is 11.4. The minimum Gasteiger partial charge on any atom is -0.467 e. The van der Waals surface area contributed by atoms with Crippen LogP contribution in [0.3, 0.4) is 0 Å². The summed E-state index contributed by atoms with van der Waals surface area (Å²) in [6.07, 6.45) is 13.1. The molecule has 0 saturated carbocycles. The highest BCUT2D eigenvalue weighted by molar-refractivity contribution is 4.99. The molecule has 0 aliphatic heterocycles. The zero-order valence-electron chi connectivity index (χ0n) is 38.0. The number of methoxy groups -OCH3 is 8. The summed E-state index contributed by atoms with van der Waals surface area (Å²) in [5, 5.41) is 0. The molecule has 8 heterocycles. The maximum absolute atomic E-state index is 4.95. The molecule has 0 amide bonds. The normalized spacial score (nSPS) is 9.62. The van der Waals surface area contributed by atoms with Gasteiger partial charge in [-0.3, -0.25) is 0 Å². The Morgan fingerprint density at radius 3 is 0.391 bits per heavy atom. The van der Waals surface area contributed by atoms with Crippen LogP contribution in [0.4, 0.5) is 0 Å². The van der Waals surface area contributed by atoms with E-state index in [0.29, 0.717) is 52.9 Å². The Kier molecular flexibility index (Phi) is 35.8. The van der Waals surface area contributed by atoms with Gasteiger partial charge in [-0.05, 0) is 97.1 Å². The third-order valence-electron chi connectivity index (χ3n) is 6.93. The summed E-state index contributed by atoms with van der Waals surface area (Å²) in [7, 11) is 13.1. The van der Waals surface area contributed by atoms with Crippen LogP contribution in [0.1, 0.15) is 46.1 Å². The molecule has 8 aromatic heterocycles. The van der Waals surface area contributed by atoms with Crippen molar-refractivity contribution in [3.63, 3.8) is 0 Å². The smallest absolute Gasteiger partial charge is 0.129 e. The summed E-state index contributed by atoms with van der Waals surface area (Å²) in [6.45, 7) is 4.50. The molecule has 8 rings (SSSR count). The van der Waals surface area contributed by atoms with Gasteiger partial charge in [-0.2, -0.15) is 0 Å². The lowest BCUT2D eigenvalue weighted by atomic mass is 10.5. The van der Waals surface area contributed by atoms with Crippen molar-refractivity contribution in [1.29, 1.82) is 0 Å². The molecular formula is C48H64O16. The standard InChI is InChI=1S/8C6H8O2/c8*1-7-5-6-3-2-4-8-6/h8*2-4H,5H2,1H3. The van der Waals surface area contributed by atoms with Gasteiger partial charge >= 0.3 is 0 Å². The van der Waals surface area contributed by atoms with E-state index in [1.807, 2.05) is 97.1 Å². The van der Waals surface area contributed by atoms with Crippen molar-refractivity contribution in [3.8, 4) is 0 Å². The Morgan fingerprint density at radius 1 is 0.219 bits per heavy atom. The van der Waals surface area contributed by atoms with Gasteiger partial charge in [-0.15, -0.1) is 0 Å². The van der Waals surface area contributed by atoms with Crippen LogP contribution in [-0.4, -0.2) is 56.9 Å². The van der Waals surface area contributed by atoms with Gasteiger partial charge in [0.2, 0.25) is 0 Å². The van der Waals surface area contributed by atoms with Crippen molar-refractivity contribution in [2.45, 2.75) is 52.9 Å². The van der Waals surface area contributed by atoms with Gasteiger partial charge in [-0.1, -0.05) is 0 Å². The molecule has 64 heavy (non-hydrogen) atoms. The van der Waals surface area contributed by atoms with E-state index in [2.05, 4.69) is 0 Å². The van der Waals surface area contributed by atoms with Crippen LogP contribution in [0.5, 0.6) is 0 Å². The minimum atomic E-state index is 0.562. The van der Waals surface area contributed by atoms with E-state index in [9.17, 15) is 0 Å². The second-order valence-corrected chi connectivity index (χ2v) is 12.1. The van der Waals surface area contributed by atoms with Crippen LogP contribution in [0.25, 0.3) is 0 Å². The lowest BCUT2D eigenvalue weighted by Crippen LogP contribution is -1.81. The summed E-state index contributed by atoms with van der Waals surface area (Å²) in [6, 6.07) is 29.8. The zero-order valence-corrected chi connectivity index (χ0v) is 38.0. The Labute approximate surface area is 375 Å². The quantitative estimate of drug-likeness (QED) is 0.0893. The second kappa shape index (κ2) is 41.0. The molecule has 8 aromatic rings. The van der Waals surface area contributed by atoms with Crippen molar-refractivity contribution in [3.05, 3.63) is 193 Å². The van der Waals surface area contributed by atoms with Crippen molar-refractivity contribution >= 4 is 0 Å². The molecule has 0 fully saturated rings. The van der Waals surface area contributed by atoms with Crippen molar-refractivity contribution in [2.75, 3.05) is 56.9 Å². The largest absolute Gasteiger partial charge is 0.467 e. The van der Waals surface area contributed by atoms with Gasteiger partial charge in [0, 0.05) is 56.9 Å². The molecular weight excluding hydrogens is 833 g/mol. The molecule has 0 bridgehead atoms. The number of rotatable bonds is 16. The third kappa shape index (κ3) is 30.9. The highest BCUT2D eigenvalue weighted by Crippen LogP contribution is 2.04. The molecule has 16 heteroatoms. The minimum absolute atomic E-state index is 0.562. The highest BCUT2D eigenvalue weighted by atomic mass is 16.5. The van der Waals surface area contributed by atoms with Crippen molar-refractivity contribution in [2.24, 2.45) is 0 Å². The molecule has 16 nitrogen and oxygen atoms in total. The van der Waals surface area contributed by atoms with E-state index in [1.165, 1.54) is 0 Å².